The summed E-state index contributed by atoms with van der Waals surface area (Å²) in [5, 5.41) is 2.69. The molecule has 146 valence electrons. The number of nitrogens with one attached hydrogen (secondary N) is 2. The molecule has 9 heteroatoms. The lowest BCUT2D eigenvalue weighted by atomic mass is 10.1. The maximum Gasteiger partial charge on any atom is 0.241 e. The predicted molar refractivity (Wildman–Crippen MR) is 97.7 cm³/mol. The fourth-order valence-corrected chi connectivity index (χ4v) is 3.39. The number of rotatable bonds is 8. The van der Waals surface area contributed by atoms with Gasteiger partial charge >= 0.3 is 0 Å². The van der Waals surface area contributed by atoms with Gasteiger partial charge in [0.05, 0.1) is 31.7 Å². The number of carbonyl (C=O) groups excluding carboxylic acids is 1. The second-order valence-corrected chi connectivity index (χ2v) is 7.44. The SMILES string of the molecule is COc1ccc(OC)c([C@H](C)NC(=O)CNS(=O)(=O)c2ccc(F)cc2)c1. The van der Waals surface area contributed by atoms with Crippen LogP contribution in [0.25, 0.3) is 0 Å². The third-order valence-corrected chi connectivity index (χ3v) is 5.24. The Hall–Kier alpha value is -2.65. The van der Waals surface area contributed by atoms with Crippen molar-refractivity contribution in [3.8, 4) is 11.5 Å². The van der Waals surface area contributed by atoms with E-state index in [0.717, 1.165) is 24.3 Å². The van der Waals surface area contributed by atoms with Crippen LogP contribution < -0.4 is 19.5 Å². The van der Waals surface area contributed by atoms with Crippen LogP contribution in [-0.4, -0.2) is 35.1 Å². The summed E-state index contributed by atoms with van der Waals surface area (Å²) in [6.07, 6.45) is 0. The summed E-state index contributed by atoms with van der Waals surface area (Å²) in [6, 6.07) is 9.04. The lowest BCUT2D eigenvalue weighted by molar-refractivity contribution is -0.120. The van der Waals surface area contributed by atoms with Crippen LogP contribution in [-0.2, 0) is 14.8 Å². The molecule has 0 aliphatic rings. The molecule has 7 nitrogen and oxygen atoms in total. The van der Waals surface area contributed by atoms with E-state index in [1.54, 1.807) is 25.1 Å². The zero-order valence-corrected chi connectivity index (χ0v) is 16.0. The second-order valence-electron chi connectivity index (χ2n) is 5.68. The number of hydrogen-bond donors (Lipinski definition) is 2. The molecule has 0 aromatic heterocycles. The molecule has 1 amide bonds. The van der Waals surface area contributed by atoms with Crippen molar-refractivity contribution in [3.63, 3.8) is 0 Å². The number of hydrogen-bond acceptors (Lipinski definition) is 5. The fourth-order valence-electron chi connectivity index (χ4n) is 2.41. The summed E-state index contributed by atoms with van der Waals surface area (Å²) >= 11 is 0. The lowest BCUT2D eigenvalue weighted by Gasteiger charge is -2.18. The number of amides is 1. The van der Waals surface area contributed by atoms with E-state index in [2.05, 4.69) is 10.0 Å². The standard InChI is InChI=1S/C18H21FN2O5S/c1-12(16-10-14(25-2)6-9-17(16)26-3)21-18(22)11-20-27(23,24)15-7-4-13(19)5-8-15/h4-10,12,20H,11H2,1-3H3,(H,21,22)/t12-/m0/s1. The van der Waals surface area contributed by atoms with Crippen LogP contribution in [0, 0.1) is 5.82 Å². The Morgan fingerprint density at radius 3 is 2.37 bits per heavy atom. The summed E-state index contributed by atoms with van der Waals surface area (Å²) in [7, 11) is -0.881. The van der Waals surface area contributed by atoms with Crippen molar-refractivity contribution in [1.29, 1.82) is 0 Å². The average molecular weight is 396 g/mol. The van der Waals surface area contributed by atoms with Gasteiger partial charge in [-0.05, 0) is 49.4 Å². The molecule has 0 fully saturated rings. The first kappa shape index (κ1) is 20.7. The highest BCUT2D eigenvalue weighted by molar-refractivity contribution is 7.89. The van der Waals surface area contributed by atoms with Crippen molar-refractivity contribution in [2.45, 2.75) is 17.9 Å². The molecule has 0 heterocycles. The Labute approximate surface area is 157 Å². The van der Waals surface area contributed by atoms with Crippen molar-refractivity contribution in [2.75, 3.05) is 20.8 Å². The van der Waals surface area contributed by atoms with Crippen LogP contribution >= 0.6 is 0 Å². The van der Waals surface area contributed by atoms with E-state index < -0.39 is 34.3 Å². The van der Waals surface area contributed by atoms with E-state index >= 15 is 0 Å². The summed E-state index contributed by atoms with van der Waals surface area (Å²) in [4.78, 5) is 12.0. The predicted octanol–water partition coefficient (Wildman–Crippen LogP) is 2.00. The summed E-state index contributed by atoms with van der Waals surface area (Å²) in [6.45, 7) is 1.28. The van der Waals surface area contributed by atoms with Gasteiger partial charge in [0.15, 0.2) is 0 Å². The summed E-state index contributed by atoms with van der Waals surface area (Å²) < 4.78 is 49.8. The molecule has 2 aromatic rings. The number of sulfonamides is 1. The Morgan fingerprint density at radius 2 is 1.78 bits per heavy atom. The van der Waals surface area contributed by atoms with Gasteiger partial charge in [-0.15, -0.1) is 0 Å². The third kappa shape index (κ3) is 5.41. The molecule has 1 atom stereocenters. The largest absolute Gasteiger partial charge is 0.497 e. The van der Waals surface area contributed by atoms with Gasteiger partial charge in [-0.3, -0.25) is 4.79 Å². The van der Waals surface area contributed by atoms with Crippen LogP contribution in [0.1, 0.15) is 18.5 Å². The quantitative estimate of drug-likeness (QED) is 0.712. The van der Waals surface area contributed by atoms with Crippen molar-refractivity contribution in [2.24, 2.45) is 0 Å². The Kier molecular flexibility index (Phi) is 6.75. The van der Waals surface area contributed by atoms with Gasteiger partial charge in [-0.2, -0.15) is 0 Å². The molecule has 0 unspecified atom stereocenters. The molecule has 0 radical (unpaired) electrons. The first-order valence-corrected chi connectivity index (χ1v) is 9.51. The van der Waals surface area contributed by atoms with E-state index in [9.17, 15) is 17.6 Å². The molecule has 2 aromatic carbocycles. The van der Waals surface area contributed by atoms with Crippen molar-refractivity contribution in [3.05, 3.63) is 53.8 Å². The van der Waals surface area contributed by atoms with Gasteiger partial charge in [-0.1, -0.05) is 0 Å². The van der Waals surface area contributed by atoms with Crippen molar-refractivity contribution < 1.29 is 27.1 Å². The summed E-state index contributed by atoms with van der Waals surface area (Å²) in [5.41, 5.74) is 0.687. The van der Waals surface area contributed by atoms with Crippen LogP contribution in [0.3, 0.4) is 0 Å². The number of ether oxygens (including phenoxy) is 2. The minimum absolute atomic E-state index is 0.126. The molecule has 27 heavy (non-hydrogen) atoms. The molecular weight excluding hydrogens is 375 g/mol. The second kappa shape index (κ2) is 8.83. The molecule has 2 N–H and O–H groups in total. The number of methoxy groups -OCH3 is 2. The number of carbonyl (C=O) groups is 1. The molecule has 0 saturated carbocycles. The number of halogens is 1. The van der Waals surface area contributed by atoms with Gasteiger partial charge < -0.3 is 14.8 Å². The Balaban J connectivity index is 2.02. The van der Waals surface area contributed by atoms with Crippen LogP contribution in [0.15, 0.2) is 47.4 Å². The minimum Gasteiger partial charge on any atom is -0.497 e. The molecule has 0 saturated heterocycles. The average Bonchev–Trinajstić information content (AvgIpc) is 2.66. The summed E-state index contributed by atoms with van der Waals surface area (Å²) in [5.74, 6) is 0.0882. The number of benzene rings is 2. The van der Waals surface area contributed by atoms with Gasteiger partial charge in [-0.25, -0.2) is 17.5 Å². The highest BCUT2D eigenvalue weighted by Gasteiger charge is 2.18. The first-order chi connectivity index (χ1) is 12.8. The van der Waals surface area contributed by atoms with E-state index in [0.29, 0.717) is 17.1 Å². The van der Waals surface area contributed by atoms with Crippen molar-refractivity contribution in [1.82, 2.24) is 10.0 Å². The van der Waals surface area contributed by atoms with Crippen LogP contribution in [0.5, 0.6) is 11.5 Å². The van der Waals surface area contributed by atoms with Gasteiger partial charge in [0, 0.05) is 5.56 Å². The zero-order valence-electron chi connectivity index (χ0n) is 15.2. The van der Waals surface area contributed by atoms with Gasteiger partial charge in [0.2, 0.25) is 15.9 Å². The Bertz CT molecular complexity index is 900. The van der Waals surface area contributed by atoms with E-state index in [-0.39, 0.29) is 4.90 Å². The molecule has 0 aliphatic carbocycles. The highest BCUT2D eigenvalue weighted by atomic mass is 32.2. The monoisotopic (exact) mass is 396 g/mol. The molecule has 0 aliphatic heterocycles. The topological polar surface area (TPSA) is 93.7 Å². The third-order valence-electron chi connectivity index (χ3n) is 3.83. The molecule has 2 rings (SSSR count). The highest BCUT2D eigenvalue weighted by Crippen LogP contribution is 2.29. The maximum absolute atomic E-state index is 12.9. The smallest absolute Gasteiger partial charge is 0.241 e. The van der Waals surface area contributed by atoms with Crippen LogP contribution in [0.2, 0.25) is 0 Å². The lowest BCUT2D eigenvalue weighted by Crippen LogP contribution is -2.38. The first-order valence-electron chi connectivity index (χ1n) is 8.03. The van der Waals surface area contributed by atoms with Gasteiger partial charge in [0.1, 0.15) is 17.3 Å². The normalized spacial score (nSPS) is 12.3. The fraction of sp³-hybridized carbons (Fsp3) is 0.278. The van der Waals surface area contributed by atoms with E-state index in [1.807, 2.05) is 0 Å². The van der Waals surface area contributed by atoms with Crippen LogP contribution in [0.4, 0.5) is 4.39 Å². The molecular formula is C18H21FN2O5S. The Morgan fingerprint density at radius 1 is 1.11 bits per heavy atom. The van der Waals surface area contributed by atoms with E-state index in [1.165, 1.54) is 14.2 Å². The maximum atomic E-state index is 12.9. The zero-order chi connectivity index (χ0) is 20.0. The van der Waals surface area contributed by atoms with Crippen molar-refractivity contribution >= 4 is 15.9 Å². The molecule has 0 spiro atoms. The minimum atomic E-state index is -3.92. The van der Waals surface area contributed by atoms with Gasteiger partial charge in [0.25, 0.3) is 0 Å². The van der Waals surface area contributed by atoms with E-state index in [4.69, 9.17) is 9.47 Å². The molecule has 0 bridgehead atoms.